The first-order valence-electron chi connectivity index (χ1n) is 13.0. The predicted molar refractivity (Wildman–Crippen MR) is 143 cm³/mol. The van der Waals surface area contributed by atoms with Gasteiger partial charge in [0.05, 0.1) is 16.5 Å². The van der Waals surface area contributed by atoms with Gasteiger partial charge in [0, 0.05) is 25.9 Å². The number of amides is 2. The molecule has 1 aliphatic carbocycles. The fraction of sp³-hybridized carbons (Fsp3) is 0.654. The lowest BCUT2D eigenvalue weighted by Crippen LogP contribution is -2.51. The summed E-state index contributed by atoms with van der Waals surface area (Å²) < 4.78 is 27.7. The van der Waals surface area contributed by atoms with Crippen LogP contribution < -0.4 is 10.6 Å². The van der Waals surface area contributed by atoms with Crippen molar-refractivity contribution in [3.05, 3.63) is 28.3 Å². The minimum absolute atomic E-state index is 0.0436. The maximum Gasteiger partial charge on any atom is 0.253 e. The number of piperidine rings is 1. The molecule has 2 N–H and O–H groups in total. The monoisotopic (exact) mass is 536 g/mol. The third-order valence-corrected chi connectivity index (χ3v) is 10.6. The van der Waals surface area contributed by atoms with Crippen LogP contribution in [0.25, 0.3) is 0 Å². The van der Waals surface area contributed by atoms with Crippen molar-refractivity contribution in [2.24, 2.45) is 16.8 Å². The van der Waals surface area contributed by atoms with Crippen molar-refractivity contribution in [1.29, 1.82) is 0 Å². The van der Waals surface area contributed by atoms with Crippen molar-refractivity contribution in [2.45, 2.75) is 77.7 Å². The third kappa shape index (κ3) is 5.63. The van der Waals surface area contributed by atoms with Crippen LogP contribution in [0.15, 0.2) is 17.1 Å². The van der Waals surface area contributed by atoms with Gasteiger partial charge in [-0.2, -0.15) is 0 Å². The maximum atomic E-state index is 13.1. The van der Waals surface area contributed by atoms with Crippen LogP contribution in [-0.4, -0.2) is 54.8 Å². The summed E-state index contributed by atoms with van der Waals surface area (Å²) in [6.07, 6.45) is 6.80. The number of carbonyl (C=O) groups is 2. The number of aliphatic imine (C=N–C) groups is 1. The molecule has 0 unspecified atom stereocenters. The Bertz CT molecular complexity index is 1150. The van der Waals surface area contributed by atoms with E-state index < -0.39 is 15.6 Å². The average molecular weight is 537 g/mol. The topological polar surface area (TPSA) is 108 Å². The molecule has 0 atom stereocenters. The van der Waals surface area contributed by atoms with Gasteiger partial charge in [0.15, 0.2) is 0 Å². The summed E-state index contributed by atoms with van der Waals surface area (Å²) in [6, 6.07) is 3.51. The van der Waals surface area contributed by atoms with Gasteiger partial charge in [0.1, 0.15) is 11.4 Å². The van der Waals surface area contributed by atoms with Crippen LogP contribution in [-0.2, 0) is 26.0 Å². The molecule has 0 radical (unpaired) electrons. The lowest BCUT2D eigenvalue weighted by atomic mass is 9.80. The zero-order chi connectivity index (χ0) is 26.1. The van der Waals surface area contributed by atoms with Crippen LogP contribution in [0, 0.1) is 18.8 Å². The van der Waals surface area contributed by atoms with E-state index in [1.165, 1.54) is 30.5 Å². The largest absolute Gasteiger partial charge is 0.325 e. The molecule has 1 spiro atoms. The number of nitrogens with one attached hydrogen (secondary N) is 2. The van der Waals surface area contributed by atoms with Crippen molar-refractivity contribution in [2.75, 3.05) is 24.2 Å². The first-order valence-corrected chi connectivity index (χ1v) is 15.0. The second-order valence-electron chi connectivity index (χ2n) is 10.5. The number of aryl methyl sites for hydroxylation is 1. The number of halogens is 1. The highest BCUT2D eigenvalue weighted by molar-refractivity contribution is 7.89. The summed E-state index contributed by atoms with van der Waals surface area (Å²) >= 11 is 6.38. The van der Waals surface area contributed by atoms with Crippen LogP contribution in [0.3, 0.4) is 0 Å². The standard InChI is InChI=1S/C26H37ClN4O4S/c1-4-19-5-7-21(8-6-19)24-29-25(33)26(30-24)12-14-31(15-13-26)36(34,35)16-11-20-9-10-22(28-18(3)32)23(27)17(20)2/h9-10,19,21H,4-8,11-16H2,1-3H3,(H,28,32)(H,29,30,33)/t19-,21-. The third-order valence-electron chi connectivity index (χ3n) is 8.19. The van der Waals surface area contributed by atoms with Gasteiger partial charge in [-0.3, -0.25) is 14.6 Å². The molecule has 1 aromatic carbocycles. The summed E-state index contributed by atoms with van der Waals surface area (Å²) in [7, 11) is -3.51. The maximum absolute atomic E-state index is 13.1. The molecule has 0 bridgehead atoms. The summed E-state index contributed by atoms with van der Waals surface area (Å²) in [5, 5.41) is 6.15. The number of sulfonamides is 1. The Morgan fingerprint density at radius 2 is 1.89 bits per heavy atom. The highest BCUT2D eigenvalue weighted by Crippen LogP contribution is 2.37. The van der Waals surface area contributed by atoms with E-state index in [1.807, 2.05) is 6.92 Å². The highest BCUT2D eigenvalue weighted by Gasteiger charge is 2.48. The molecule has 1 saturated carbocycles. The molecule has 8 nitrogen and oxygen atoms in total. The second kappa shape index (κ2) is 10.8. The Kier molecular flexibility index (Phi) is 8.12. The fourth-order valence-electron chi connectivity index (χ4n) is 5.70. The predicted octanol–water partition coefficient (Wildman–Crippen LogP) is 4.06. The van der Waals surface area contributed by atoms with E-state index in [-0.39, 0.29) is 30.7 Å². The molecule has 0 aromatic heterocycles. The SMILES string of the molecule is CC[C@H]1CC[C@H](C2=NC3(CCN(S(=O)(=O)CCc4ccc(NC(C)=O)c(Cl)c4C)CC3)C(=O)N2)CC1. The fourth-order valence-corrected chi connectivity index (χ4v) is 7.41. The molecular weight excluding hydrogens is 500 g/mol. The minimum atomic E-state index is -3.51. The van der Waals surface area contributed by atoms with Crippen LogP contribution in [0.1, 0.15) is 69.9 Å². The molecule has 2 amide bonds. The molecule has 2 heterocycles. The first kappa shape index (κ1) is 27.1. The zero-order valence-corrected chi connectivity index (χ0v) is 23.0. The quantitative estimate of drug-likeness (QED) is 0.547. The number of anilines is 1. The van der Waals surface area contributed by atoms with Crippen molar-refractivity contribution < 1.29 is 18.0 Å². The van der Waals surface area contributed by atoms with Crippen molar-refractivity contribution in [1.82, 2.24) is 9.62 Å². The molecule has 4 rings (SSSR count). The summed E-state index contributed by atoms with van der Waals surface area (Å²) in [6.45, 7) is 6.04. The number of benzene rings is 1. The van der Waals surface area contributed by atoms with Crippen LogP contribution in [0.5, 0.6) is 0 Å². The van der Waals surface area contributed by atoms with Crippen LogP contribution in [0.4, 0.5) is 5.69 Å². The summed E-state index contributed by atoms with van der Waals surface area (Å²) in [5.41, 5.74) is 1.27. The smallest absolute Gasteiger partial charge is 0.253 e. The summed E-state index contributed by atoms with van der Waals surface area (Å²) in [5.74, 6) is 1.57. The number of hydrogen-bond donors (Lipinski definition) is 2. The van der Waals surface area contributed by atoms with E-state index in [0.29, 0.717) is 35.9 Å². The van der Waals surface area contributed by atoms with E-state index in [2.05, 4.69) is 17.6 Å². The van der Waals surface area contributed by atoms with Crippen molar-refractivity contribution >= 4 is 45.0 Å². The first-order chi connectivity index (χ1) is 17.0. The van der Waals surface area contributed by atoms with Gasteiger partial charge in [-0.25, -0.2) is 12.7 Å². The zero-order valence-electron chi connectivity index (χ0n) is 21.4. The lowest BCUT2D eigenvalue weighted by molar-refractivity contribution is -0.125. The minimum Gasteiger partial charge on any atom is -0.325 e. The van der Waals surface area contributed by atoms with Crippen molar-refractivity contribution in [3.63, 3.8) is 0 Å². The van der Waals surface area contributed by atoms with Crippen molar-refractivity contribution in [3.8, 4) is 0 Å². The highest BCUT2D eigenvalue weighted by atomic mass is 35.5. The number of hydrogen-bond acceptors (Lipinski definition) is 5. The van der Waals surface area contributed by atoms with Crippen LogP contribution in [0.2, 0.25) is 5.02 Å². The van der Waals surface area contributed by atoms with Crippen LogP contribution >= 0.6 is 11.6 Å². The van der Waals surface area contributed by atoms with E-state index in [0.717, 1.165) is 35.7 Å². The Morgan fingerprint density at radius 3 is 2.50 bits per heavy atom. The Hall–Kier alpha value is -1.97. The van der Waals surface area contributed by atoms with Gasteiger partial charge >= 0.3 is 0 Å². The van der Waals surface area contributed by atoms with E-state index >= 15 is 0 Å². The number of rotatable bonds is 7. The molecule has 1 saturated heterocycles. The number of carbonyl (C=O) groups excluding carboxylic acids is 2. The van der Waals surface area contributed by atoms with Gasteiger partial charge in [0.2, 0.25) is 15.9 Å². The van der Waals surface area contributed by atoms with E-state index in [9.17, 15) is 18.0 Å². The van der Waals surface area contributed by atoms with Gasteiger partial charge in [0.25, 0.3) is 5.91 Å². The van der Waals surface area contributed by atoms with Gasteiger partial charge < -0.3 is 10.6 Å². The Labute approximate surface area is 219 Å². The molecule has 1 aromatic rings. The summed E-state index contributed by atoms with van der Waals surface area (Å²) in [4.78, 5) is 29.1. The molecule has 198 valence electrons. The molecule has 2 aliphatic heterocycles. The second-order valence-corrected chi connectivity index (χ2v) is 12.9. The Morgan fingerprint density at radius 1 is 1.22 bits per heavy atom. The van der Waals surface area contributed by atoms with E-state index in [1.54, 1.807) is 12.1 Å². The average Bonchev–Trinajstić information content (AvgIpc) is 3.17. The molecule has 36 heavy (non-hydrogen) atoms. The number of nitrogens with zero attached hydrogens (tertiary/aromatic N) is 2. The lowest BCUT2D eigenvalue weighted by Gasteiger charge is -2.34. The number of amidine groups is 1. The van der Waals surface area contributed by atoms with Gasteiger partial charge in [-0.1, -0.05) is 31.0 Å². The Balaban J connectivity index is 1.36. The molecular formula is C26H37ClN4O4S. The van der Waals surface area contributed by atoms with E-state index in [4.69, 9.17) is 16.6 Å². The molecule has 10 heteroatoms. The van der Waals surface area contributed by atoms with Gasteiger partial charge in [-0.05, 0) is 75.0 Å². The molecule has 3 aliphatic rings. The normalized spacial score (nSPS) is 24.4. The molecule has 2 fully saturated rings. The van der Waals surface area contributed by atoms with Gasteiger partial charge in [-0.15, -0.1) is 0 Å².